The monoisotopic (exact) mass is 471 g/mol. The van der Waals surface area contributed by atoms with Gasteiger partial charge in [0, 0.05) is 22.7 Å². The van der Waals surface area contributed by atoms with E-state index in [-0.39, 0.29) is 28.4 Å². The van der Waals surface area contributed by atoms with E-state index in [0.29, 0.717) is 22.4 Å². The van der Waals surface area contributed by atoms with Crippen molar-refractivity contribution in [2.24, 2.45) is 0 Å². The van der Waals surface area contributed by atoms with E-state index in [0.717, 1.165) is 16.2 Å². The minimum atomic E-state index is -0.111. The largest absolute Gasteiger partial charge is 0.351 e. The van der Waals surface area contributed by atoms with Crippen molar-refractivity contribution >= 4 is 41.0 Å². The van der Waals surface area contributed by atoms with Crippen LogP contribution in [0.4, 0.5) is 0 Å². The van der Waals surface area contributed by atoms with Crippen LogP contribution in [0.1, 0.15) is 30.9 Å². The number of thioether (sulfide) groups is 2. The molecule has 1 aliphatic heterocycles. The highest BCUT2D eigenvalue weighted by Gasteiger charge is 2.33. The molecule has 0 bridgehead atoms. The van der Waals surface area contributed by atoms with E-state index in [1.165, 1.54) is 11.8 Å². The molecule has 160 valence electrons. The Morgan fingerprint density at radius 2 is 1.87 bits per heavy atom. The summed E-state index contributed by atoms with van der Waals surface area (Å²) < 4.78 is 1.60. The summed E-state index contributed by atoms with van der Waals surface area (Å²) in [5.41, 5.74) is 2.39. The van der Waals surface area contributed by atoms with Crippen molar-refractivity contribution in [2.75, 3.05) is 5.75 Å². The summed E-state index contributed by atoms with van der Waals surface area (Å²) in [5.74, 6) is 0.175. The van der Waals surface area contributed by atoms with Crippen molar-refractivity contribution in [1.82, 2.24) is 14.9 Å². The van der Waals surface area contributed by atoms with Crippen molar-refractivity contribution in [3.63, 3.8) is 0 Å². The fourth-order valence-corrected chi connectivity index (χ4v) is 5.63. The van der Waals surface area contributed by atoms with Crippen LogP contribution in [0.25, 0.3) is 5.69 Å². The van der Waals surface area contributed by atoms with Crippen LogP contribution in [-0.4, -0.2) is 26.5 Å². The lowest BCUT2D eigenvalue weighted by Gasteiger charge is -2.15. The van der Waals surface area contributed by atoms with E-state index in [9.17, 15) is 9.59 Å². The Balaban J connectivity index is 1.60. The van der Waals surface area contributed by atoms with E-state index < -0.39 is 0 Å². The first-order chi connectivity index (χ1) is 14.9. The maximum atomic E-state index is 13.4. The van der Waals surface area contributed by atoms with Crippen molar-refractivity contribution < 1.29 is 4.79 Å². The average Bonchev–Trinajstić information content (AvgIpc) is 3.06. The quantitative estimate of drug-likeness (QED) is 0.315. The summed E-state index contributed by atoms with van der Waals surface area (Å²) in [4.78, 5) is 30.7. The molecule has 0 spiro atoms. The van der Waals surface area contributed by atoms with Gasteiger partial charge in [0.25, 0.3) is 5.56 Å². The molecule has 0 unspecified atom stereocenters. The SMILES string of the molecule is C[C@@H]1Sc2nc(SCC(=O)NCc3ccccc3)n(-c3ccc(Cl)cc3)c(=O)c2[C@H]1C. The molecule has 0 saturated heterocycles. The second-order valence-electron chi connectivity index (χ2n) is 7.39. The zero-order valence-electron chi connectivity index (χ0n) is 17.2. The Labute approximate surface area is 194 Å². The number of halogens is 1. The van der Waals surface area contributed by atoms with E-state index in [1.807, 2.05) is 30.3 Å². The Kier molecular flexibility index (Phi) is 6.74. The second-order valence-corrected chi connectivity index (χ2v) is 10.1. The van der Waals surface area contributed by atoms with Crippen LogP contribution in [0.3, 0.4) is 0 Å². The minimum absolute atomic E-state index is 0.0798. The first kappa shape index (κ1) is 22.0. The molecule has 0 aliphatic carbocycles. The van der Waals surface area contributed by atoms with Crippen LogP contribution in [0.5, 0.6) is 0 Å². The predicted octanol–water partition coefficient (Wildman–Crippen LogP) is 4.89. The van der Waals surface area contributed by atoms with Crippen LogP contribution in [-0.2, 0) is 11.3 Å². The number of nitrogens with zero attached hydrogens (tertiary/aromatic N) is 2. The number of hydrogen-bond donors (Lipinski definition) is 1. The molecule has 0 saturated carbocycles. The van der Waals surface area contributed by atoms with Gasteiger partial charge in [0.15, 0.2) is 5.16 Å². The Hall–Kier alpha value is -2.22. The molecule has 2 aromatic carbocycles. The van der Waals surface area contributed by atoms with Gasteiger partial charge in [-0.05, 0) is 29.8 Å². The number of amides is 1. The number of nitrogens with one attached hydrogen (secondary N) is 1. The standard InChI is InChI=1S/C23H22ClN3O2S2/c1-14-15(2)31-21-20(14)22(29)27(18-10-8-17(24)9-11-18)23(26-21)30-13-19(28)25-12-16-6-4-3-5-7-16/h3-11,14-15H,12-13H2,1-2H3,(H,25,28)/t14-,15-/m0/s1. The molecular weight excluding hydrogens is 450 g/mol. The highest BCUT2D eigenvalue weighted by molar-refractivity contribution is 8.00. The molecule has 8 heteroatoms. The molecule has 5 nitrogen and oxygen atoms in total. The maximum Gasteiger partial charge on any atom is 0.263 e. The molecule has 1 amide bonds. The molecule has 1 aromatic heterocycles. The van der Waals surface area contributed by atoms with Gasteiger partial charge in [-0.1, -0.05) is 67.5 Å². The van der Waals surface area contributed by atoms with Crippen LogP contribution < -0.4 is 10.9 Å². The third-order valence-electron chi connectivity index (χ3n) is 5.26. The van der Waals surface area contributed by atoms with Gasteiger partial charge >= 0.3 is 0 Å². The van der Waals surface area contributed by atoms with Gasteiger partial charge in [0.05, 0.1) is 17.0 Å². The summed E-state index contributed by atoms with van der Waals surface area (Å²) in [6.45, 7) is 4.63. The second kappa shape index (κ2) is 9.51. The summed E-state index contributed by atoms with van der Waals surface area (Å²) in [6.07, 6.45) is 0. The molecule has 3 aromatic rings. The fourth-order valence-electron chi connectivity index (χ4n) is 3.38. The van der Waals surface area contributed by atoms with Gasteiger partial charge in [-0.3, -0.25) is 14.2 Å². The number of aromatic nitrogens is 2. The smallest absolute Gasteiger partial charge is 0.263 e. The van der Waals surface area contributed by atoms with Crippen molar-refractivity contribution in [1.29, 1.82) is 0 Å². The normalized spacial score (nSPS) is 17.4. The van der Waals surface area contributed by atoms with Crippen LogP contribution in [0.15, 0.2) is 69.6 Å². The van der Waals surface area contributed by atoms with Crippen molar-refractivity contribution in [3.8, 4) is 5.69 Å². The van der Waals surface area contributed by atoms with Gasteiger partial charge in [0.2, 0.25) is 5.91 Å². The number of hydrogen-bond acceptors (Lipinski definition) is 5. The van der Waals surface area contributed by atoms with Gasteiger partial charge in [0.1, 0.15) is 5.03 Å². The number of carbonyl (C=O) groups is 1. The Morgan fingerprint density at radius 1 is 1.16 bits per heavy atom. The fraction of sp³-hybridized carbons (Fsp3) is 0.261. The topological polar surface area (TPSA) is 64.0 Å². The van der Waals surface area contributed by atoms with Gasteiger partial charge < -0.3 is 5.32 Å². The molecule has 0 fully saturated rings. The summed E-state index contributed by atoms with van der Waals surface area (Å²) >= 11 is 8.92. The van der Waals surface area contributed by atoms with E-state index in [1.54, 1.807) is 40.6 Å². The molecular formula is C23H22ClN3O2S2. The molecule has 0 radical (unpaired) electrons. The number of fused-ring (bicyclic) bond motifs is 1. The predicted molar refractivity (Wildman–Crippen MR) is 128 cm³/mol. The van der Waals surface area contributed by atoms with E-state index >= 15 is 0 Å². The lowest BCUT2D eigenvalue weighted by atomic mass is 10.0. The Morgan fingerprint density at radius 3 is 2.58 bits per heavy atom. The molecule has 2 atom stereocenters. The third kappa shape index (κ3) is 4.84. The van der Waals surface area contributed by atoms with Crippen LogP contribution in [0, 0.1) is 0 Å². The molecule has 31 heavy (non-hydrogen) atoms. The van der Waals surface area contributed by atoms with Crippen LogP contribution in [0.2, 0.25) is 5.02 Å². The Bertz CT molecular complexity index is 1150. The summed E-state index contributed by atoms with van der Waals surface area (Å²) in [7, 11) is 0. The van der Waals surface area contributed by atoms with Gasteiger partial charge in [-0.25, -0.2) is 4.98 Å². The average molecular weight is 472 g/mol. The van der Waals surface area contributed by atoms with Crippen molar-refractivity contribution in [3.05, 3.63) is 81.1 Å². The first-order valence-electron chi connectivity index (χ1n) is 9.97. The zero-order valence-corrected chi connectivity index (χ0v) is 19.6. The van der Waals surface area contributed by atoms with Crippen molar-refractivity contribution in [2.45, 2.75) is 41.7 Å². The maximum absolute atomic E-state index is 13.4. The number of rotatable bonds is 6. The lowest BCUT2D eigenvalue weighted by Crippen LogP contribution is -2.28. The highest BCUT2D eigenvalue weighted by Crippen LogP contribution is 2.43. The summed E-state index contributed by atoms with van der Waals surface area (Å²) in [5, 5.41) is 5.07. The lowest BCUT2D eigenvalue weighted by molar-refractivity contribution is -0.118. The zero-order chi connectivity index (χ0) is 22.0. The van der Waals surface area contributed by atoms with E-state index in [4.69, 9.17) is 16.6 Å². The van der Waals surface area contributed by atoms with Gasteiger partial charge in [-0.2, -0.15) is 0 Å². The molecule has 1 aliphatic rings. The highest BCUT2D eigenvalue weighted by atomic mass is 35.5. The van der Waals surface area contributed by atoms with Gasteiger partial charge in [-0.15, -0.1) is 11.8 Å². The summed E-state index contributed by atoms with van der Waals surface area (Å²) in [6, 6.07) is 16.8. The number of benzene rings is 2. The molecule has 1 N–H and O–H groups in total. The third-order valence-corrected chi connectivity index (χ3v) is 7.76. The van der Waals surface area contributed by atoms with E-state index in [2.05, 4.69) is 19.2 Å². The molecule has 2 heterocycles. The van der Waals surface area contributed by atoms with Crippen LogP contribution >= 0.6 is 35.1 Å². The number of carbonyl (C=O) groups excluding carboxylic acids is 1. The minimum Gasteiger partial charge on any atom is -0.351 e. The molecule has 4 rings (SSSR count). The first-order valence-corrected chi connectivity index (χ1v) is 12.2.